The summed E-state index contributed by atoms with van der Waals surface area (Å²) in [5.74, 6) is -1.01. The summed E-state index contributed by atoms with van der Waals surface area (Å²) < 4.78 is 50.0. The molecule has 3 rings (SSSR count). The highest BCUT2D eigenvalue weighted by Crippen LogP contribution is 2.41. The van der Waals surface area contributed by atoms with Crippen molar-refractivity contribution < 1.29 is 37.3 Å². The quantitative estimate of drug-likeness (QED) is 0.218. The van der Waals surface area contributed by atoms with E-state index in [1.165, 1.54) is 25.1 Å². The molecule has 12 heteroatoms. The van der Waals surface area contributed by atoms with Gasteiger partial charge in [0.05, 0.1) is 24.9 Å². The van der Waals surface area contributed by atoms with Gasteiger partial charge in [-0.1, -0.05) is 23.2 Å². The number of aldehydes is 1. The molecule has 1 heterocycles. The molecular weight excluding hydrogens is 702 g/mol. The van der Waals surface area contributed by atoms with Crippen LogP contribution in [0.2, 0.25) is 10.0 Å². The van der Waals surface area contributed by atoms with E-state index in [-0.39, 0.29) is 23.7 Å². The third-order valence-corrected chi connectivity index (χ3v) is 5.92. The molecule has 0 aliphatic carbocycles. The molecule has 1 atom stereocenters. The normalized spacial score (nSPS) is 14.9. The predicted molar refractivity (Wildman–Crippen MR) is 130 cm³/mol. The molecule has 0 aromatic heterocycles. The van der Waals surface area contributed by atoms with Crippen molar-refractivity contribution in [1.29, 1.82) is 0 Å². The summed E-state index contributed by atoms with van der Waals surface area (Å²) in [4.78, 5) is 22.0. The van der Waals surface area contributed by atoms with Crippen molar-refractivity contribution in [1.82, 2.24) is 0 Å². The number of phenols is 1. The number of aromatic hydroxyl groups is 1. The summed E-state index contributed by atoms with van der Waals surface area (Å²) in [5, 5.41) is 10.0. The van der Waals surface area contributed by atoms with Crippen molar-refractivity contribution in [3.05, 3.63) is 58.2 Å². The Hall–Kier alpha value is -1.25. The first-order chi connectivity index (χ1) is 14.9. The lowest BCUT2D eigenvalue weighted by Gasteiger charge is -2.28. The van der Waals surface area contributed by atoms with Crippen molar-refractivity contribution in [2.45, 2.75) is 19.2 Å². The molecule has 2 aromatic carbocycles. The molecular formula is C20H13Cl2F3I2O5. The molecule has 1 aliphatic heterocycles. The van der Waals surface area contributed by atoms with Gasteiger partial charge in [0.2, 0.25) is 6.10 Å². The Labute approximate surface area is 218 Å². The molecule has 0 bridgehead atoms. The Morgan fingerprint density at radius 2 is 1.78 bits per heavy atom. The maximum absolute atomic E-state index is 13.1. The van der Waals surface area contributed by atoms with Gasteiger partial charge in [-0.2, -0.15) is 13.2 Å². The van der Waals surface area contributed by atoms with Gasteiger partial charge < -0.3 is 14.6 Å². The second-order valence-corrected chi connectivity index (χ2v) is 9.31. The van der Waals surface area contributed by atoms with Gasteiger partial charge in [-0.15, -0.1) is 0 Å². The number of hydrogen-bond acceptors (Lipinski definition) is 5. The smallest absolute Gasteiger partial charge is 0.430 e. The fraction of sp³-hybridized carbons (Fsp3) is 0.200. The molecule has 172 valence electrons. The molecule has 0 saturated carbocycles. The molecule has 0 amide bonds. The number of ether oxygens (including phenoxy) is 2. The fourth-order valence-electron chi connectivity index (χ4n) is 2.54. The molecule has 0 saturated heterocycles. The lowest BCUT2D eigenvalue weighted by atomic mass is 10.0. The van der Waals surface area contributed by atoms with E-state index in [1.54, 1.807) is 6.07 Å². The largest absolute Gasteiger partial charge is 0.506 e. The minimum Gasteiger partial charge on any atom is -0.506 e. The maximum atomic E-state index is 13.1. The van der Waals surface area contributed by atoms with Crippen LogP contribution < -0.4 is 4.74 Å². The summed E-state index contributed by atoms with van der Waals surface area (Å²) in [7, 11) is 0. The van der Waals surface area contributed by atoms with Crippen molar-refractivity contribution in [2.24, 2.45) is 0 Å². The van der Waals surface area contributed by atoms with E-state index >= 15 is 0 Å². The molecule has 1 N–H and O–H groups in total. The SMILES string of the molecule is CCOC(=O)C1=Cc2cc(Cl)cc(I)c2OC1C(F)(F)F.O=Cc1cc(Cl)cc(I)c1O. The summed E-state index contributed by atoms with van der Waals surface area (Å²) in [6.45, 7) is 1.49. The van der Waals surface area contributed by atoms with Gasteiger partial charge in [-0.05, 0) is 82.4 Å². The third-order valence-electron chi connectivity index (χ3n) is 3.86. The van der Waals surface area contributed by atoms with Crippen LogP contribution in [0.25, 0.3) is 6.08 Å². The van der Waals surface area contributed by atoms with Gasteiger partial charge in [0.15, 0.2) is 6.29 Å². The zero-order valence-corrected chi connectivity index (χ0v) is 21.8. The molecule has 0 fully saturated rings. The number of rotatable bonds is 3. The zero-order valence-electron chi connectivity index (χ0n) is 16.0. The lowest BCUT2D eigenvalue weighted by Crippen LogP contribution is -2.41. The molecule has 1 unspecified atom stereocenters. The average Bonchev–Trinajstić information content (AvgIpc) is 2.69. The molecule has 5 nitrogen and oxygen atoms in total. The minimum absolute atomic E-state index is 0.00926. The fourth-order valence-corrected chi connectivity index (χ4v) is 4.78. The summed E-state index contributed by atoms with van der Waals surface area (Å²) in [5.41, 5.74) is -0.0488. The first kappa shape index (κ1) is 27.0. The highest BCUT2D eigenvalue weighted by atomic mass is 127. The van der Waals surface area contributed by atoms with E-state index in [1.807, 2.05) is 45.2 Å². The van der Waals surface area contributed by atoms with Crippen LogP contribution in [0.15, 0.2) is 29.8 Å². The molecule has 32 heavy (non-hydrogen) atoms. The van der Waals surface area contributed by atoms with Gasteiger partial charge in [0.25, 0.3) is 0 Å². The van der Waals surface area contributed by atoms with E-state index in [0.29, 0.717) is 29.0 Å². The average molecular weight is 715 g/mol. The number of hydrogen-bond donors (Lipinski definition) is 1. The Bertz CT molecular complexity index is 1070. The Balaban J connectivity index is 0.000000278. The first-order valence-corrected chi connectivity index (χ1v) is 11.5. The van der Waals surface area contributed by atoms with Gasteiger partial charge in [0, 0.05) is 15.6 Å². The highest BCUT2D eigenvalue weighted by Gasteiger charge is 2.49. The first-order valence-electron chi connectivity index (χ1n) is 8.63. The van der Waals surface area contributed by atoms with Gasteiger partial charge in [-0.25, -0.2) is 4.79 Å². The number of fused-ring (bicyclic) bond motifs is 1. The maximum Gasteiger partial charge on any atom is 0.430 e. The molecule has 0 radical (unpaired) electrons. The van der Waals surface area contributed by atoms with Crippen molar-refractivity contribution in [2.75, 3.05) is 6.61 Å². The lowest BCUT2D eigenvalue weighted by molar-refractivity contribution is -0.188. The van der Waals surface area contributed by atoms with Crippen LogP contribution in [0.1, 0.15) is 22.8 Å². The van der Waals surface area contributed by atoms with E-state index in [0.717, 1.165) is 6.08 Å². The summed E-state index contributed by atoms with van der Waals surface area (Å²) in [6.07, 6.45) is -5.38. The second-order valence-electron chi connectivity index (χ2n) is 6.11. The predicted octanol–water partition coefficient (Wildman–Crippen LogP) is 6.68. The molecule has 2 aromatic rings. The third kappa shape index (κ3) is 6.64. The Morgan fingerprint density at radius 1 is 1.19 bits per heavy atom. The standard InChI is InChI=1S/C13H9ClF3IO3.C7H4ClIO2/c1-2-20-12(19)8-4-6-3-7(14)5-9(18)10(6)21-11(8)13(15,16)17;8-5-1-4(3-10)7(11)6(9)2-5/h3-5,11H,2H2,1H3;1-3,11H. The van der Waals surface area contributed by atoms with Gasteiger partial charge in [0.1, 0.15) is 11.5 Å². The van der Waals surface area contributed by atoms with E-state index in [9.17, 15) is 27.9 Å². The number of benzene rings is 2. The van der Waals surface area contributed by atoms with Crippen LogP contribution in [0, 0.1) is 7.14 Å². The van der Waals surface area contributed by atoms with Crippen molar-refractivity contribution in [3.63, 3.8) is 0 Å². The van der Waals surface area contributed by atoms with Crippen LogP contribution in [-0.4, -0.2) is 36.2 Å². The number of carbonyl (C=O) groups is 2. The van der Waals surface area contributed by atoms with Crippen LogP contribution in [0.5, 0.6) is 11.5 Å². The van der Waals surface area contributed by atoms with Crippen molar-refractivity contribution in [3.8, 4) is 11.5 Å². The van der Waals surface area contributed by atoms with Crippen molar-refractivity contribution >= 4 is 86.7 Å². The summed E-state index contributed by atoms with van der Waals surface area (Å²) >= 11 is 15.2. The Kier molecular flexibility index (Phi) is 9.49. The summed E-state index contributed by atoms with van der Waals surface area (Å²) in [6, 6.07) is 5.93. The van der Waals surface area contributed by atoms with E-state index in [2.05, 4.69) is 4.74 Å². The Morgan fingerprint density at radius 3 is 2.34 bits per heavy atom. The van der Waals surface area contributed by atoms with E-state index < -0.39 is 23.8 Å². The molecule has 0 spiro atoms. The minimum atomic E-state index is -4.72. The van der Waals surface area contributed by atoms with E-state index in [4.69, 9.17) is 27.9 Å². The number of phenolic OH excluding ortho intramolecular Hbond substituents is 1. The number of alkyl halides is 3. The zero-order chi connectivity index (χ0) is 24.2. The highest BCUT2D eigenvalue weighted by molar-refractivity contribution is 14.1. The van der Waals surface area contributed by atoms with Crippen LogP contribution >= 0.6 is 68.4 Å². The molecule has 1 aliphatic rings. The topological polar surface area (TPSA) is 72.8 Å². The second kappa shape index (κ2) is 11.3. The number of esters is 1. The number of halogens is 7. The van der Waals surface area contributed by atoms with Gasteiger partial charge >= 0.3 is 12.1 Å². The van der Waals surface area contributed by atoms with Crippen LogP contribution in [0.4, 0.5) is 13.2 Å². The van der Waals surface area contributed by atoms with Crippen LogP contribution in [0.3, 0.4) is 0 Å². The monoisotopic (exact) mass is 714 g/mol. The van der Waals surface area contributed by atoms with Gasteiger partial charge in [-0.3, -0.25) is 4.79 Å². The number of carbonyl (C=O) groups excluding carboxylic acids is 2. The van der Waals surface area contributed by atoms with Crippen LogP contribution in [-0.2, 0) is 9.53 Å².